The van der Waals surface area contributed by atoms with Gasteiger partial charge in [0, 0.05) is 17.3 Å². The molecule has 0 aliphatic heterocycles. The molecule has 4 heteroatoms. The minimum Gasteiger partial charge on any atom is -0.354 e. The molecule has 2 atom stereocenters. The molecule has 1 amide bonds. The van der Waals surface area contributed by atoms with Crippen LogP contribution < -0.4 is 11.1 Å². The van der Waals surface area contributed by atoms with Gasteiger partial charge in [-0.1, -0.05) is 19.3 Å². The quantitative estimate of drug-likeness (QED) is 0.808. The lowest BCUT2D eigenvalue weighted by molar-refractivity contribution is -0.126. The van der Waals surface area contributed by atoms with Crippen molar-refractivity contribution in [3.05, 3.63) is 0 Å². The van der Waals surface area contributed by atoms with Crippen molar-refractivity contribution in [2.75, 3.05) is 12.8 Å². The fourth-order valence-electron chi connectivity index (χ4n) is 2.89. The zero-order valence-corrected chi connectivity index (χ0v) is 11.5. The highest BCUT2D eigenvalue weighted by molar-refractivity contribution is 8.00. The lowest BCUT2D eigenvalue weighted by Crippen LogP contribution is -2.50. The van der Waals surface area contributed by atoms with E-state index in [2.05, 4.69) is 11.6 Å². The van der Waals surface area contributed by atoms with Crippen molar-refractivity contribution in [1.29, 1.82) is 0 Å². The van der Waals surface area contributed by atoms with E-state index in [0.29, 0.717) is 4.75 Å². The van der Waals surface area contributed by atoms with E-state index in [-0.39, 0.29) is 17.9 Å². The topological polar surface area (TPSA) is 55.1 Å². The van der Waals surface area contributed by atoms with E-state index in [4.69, 9.17) is 5.73 Å². The Hall–Kier alpha value is -0.220. The average Bonchev–Trinajstić information content (AvgIpc) is 2.28. The monoisotopic (exact) mass is 256 g/mol. The number of nitrogens with one attached hydrogen (secondary N) is 1. The molecule has 98 valence electrons. The van der Waals surface area contributed by atoms with Crippen LogP contribution in [0.1, 0.15) is 44.9 Å². The Morgan fingerprint density at radius 2 is 2.06 bits per heavy atom. The molecule has 0 aromatic carbocycles. The van der Waals surface area contributed by atoms with Gasteiger partial charge in [0.2, 0.25) is 5.91 Å². The van der Waals surface area contributed by atoms with Gasteiger partial charge in [-0.3, -0.25) is 4.79 Å². The number of hydrogen-bond acceptors (Lipinski definition) is 3. The van der Waals surface area contributed by atoms with Crippen LogP contribution in [0.2, 0.25) is 0 Å². The van der Waals surface area contributed by atoms with Crippen molar-refractivity contribution < 1.29 is 4.79 Å². The van der Waals surface area contributed by atoms with Crippen molar-refractivity contribution in [1.82, 2.24) is 5.32 Å². The number of thioether (sulfide) groups is 1. The van der Waals surface area contributed by atoms with Crippen molar-refractivity contribution >= 4 is 17.7 Å². The molecule has 3 N–H and O–H groups in total. The smallest absolute Gasteiger partial charge is 0.224 e. The zero-order valence-electron chi connectivity index (χ0n) is 10.7. The average molecular weight is 256 g/mol. The second kappa shape index (κ2) is 5.61. The summed E-state index contributed by atoms with van der Waals surface area (Å²) in [6, 6.07) is 0.0790. The summed E-state index contributed by atoms with van der Waals surface area (Å²) < 4.78 is 0.328. The Morgan fingerprint density at radius 3 is 2.59 bits per heavy atom. The summed E-state index contributed by atoms with van der Waals surface area (Å²) in [7, 11) is 0. The summed E-state index contributed by atoms with van der Waals surface area (Å²) in [5.74, 6) is 0.250. The van der Waals surface area contributed by atoms with E-state index in [9.17, 15) is 4.79 Å². The number of carbonyl (C=O) groups is 1. The Morgan fingerprint density at radius 1 is 1.35 bits per heavy atom. The molecule has 0 aromatic heterocycles. The first kappa shape index (κ1) is 13.2. The molecule has 2 saturated carbocycles. The highest BCUT2D eigenvalue weighted by Gasteiger charge is 2.37. The molecule has 2 aliphatic rings. The number of hydrogen-bond donors (Lipinski definition) is 2. The Bertz CT molecular complexity index is 273. The van der Waals surface area contributed by atoms with Crippen molar-refractivity contribution in [3.63, 3.8) is 0 Å². The van der Waals surface area contributed by atoms with Gasteiger partial charge in [0.1, 0.15) is 0 Å². The molecule has 2 aliphatic carbocycles. The van der Waals surface area contributed by atoms with Crippen LogP contribution in [0.3, 0.4) is 0 Å². The van der Waals surface area contributed by atoms with Gasteiger partial charge in [-0.25, -0.2) is 0 Å². The van der Waals surface area contributed by atoms with Gasteiger partial charge in [-0.15, -0.1) is 0 Å². The van der Waals surface area contributed by atoms with E-state index >= 15 is 0 Å². The predicted octanol–water partition coefficient (Wildman–Crippen LogP) is 1.91. The highest BCUT2D eigenvalue weighted by Crippen LogP contribution is 2.42. The Labute approximate surface area is 108 Å². The maximum absolute atomic E-state index is 12.1. The minimum absolute atomic E-state index is 0.0581. The molecule has 0 bridgehead atoms. The fraction of sp³-hybridized carbons (Fsp3) is 0.923. The van der Waals surface area contributed by atoms with Crippen LogP contribution >= 0.6 is 11.8 Å². The van der Waals surface area contributed by atoms with E-state index in [0.717, 1.165) is 25.8 Å². The predicted molar refractivity (Wildman–Crippen MR) is 73.0 cm³/mol. The van der Waals surface area contributed by atoms with Gasteiger partial charge < -0.3 is 11.1 Å². The molecule has 0 saturated heterocycles. The van der Waals surface area contributed by atoms with Crippen LogP contribution in [0.5, 0.6) is 0 Å². The molecule has 0 spiro atoms. The third kappa shape index (κ3) is 2.97. The molecule has 2 unspecified atom stereocenters. The molecule has 0 aromatic rings. The van der Waals surface area contributed by atoms with Gasteiger partial charge in [0.05, 0.1) is 5.92 Å². The van der Waals surface area contributed by atoms with Crippen molar-refractivity contribution in [2.24, 2.45) is 11.7 Å². The summed E-state index contributed by atoms with van der Waals surface area (Å²) in [5, 5.41) is 3.14. The molecular weight excluding hydrogens is 232 g/mol. The zero-order chi connectivity index (χ0) is 12.3. The van der Waals surface area contributed by atoms with Crippen LogP contribution in [-0.4, -0.2) is 29.5 Å². The lowest BCUT2D eigenvalue weighted by atomic mass is 9.82. The van der Waals surface area contributed by atoms with Gasteiger partial charge in [-0.05, 0) is 31.9 Å². The van der Waals surface area contributed by atoms with Crippen LogP contribution in [0.15, 0.2) is 0 Å². The van der Waals surface area contributed by atoms with Crippen LogP contribution in [0, 0.1) is 5.92 Å². The molecular formula is C13H24N2OS. The van der Waals surface area contributed by atoms with E-state index < -0.39 is 0 Å². The van der Waals surface area contributed by atoms with Crippen LogP contribution in [0.25, 0.3) is 0 Å². The molecule has 2 fully saturated rings. The Kier molecular flexibility index (Phi) is 4.36. The van der Waals surface area contributed by atoms with Crippen LogP contribution in [-0.2, 0) is 4.79 Å². The summed E-state index contributed by atoms with van der Waals surface area (Å²) in [6.45, 7) is 0.830. The molecule has 0 radical (unpaired) electrons. The van der Waals surface area contributed by atoms with Gasteiger partial charge in [0.25, 0.3) is 0 Å². The van der Waals surface area contributed by atoms with Gasteiger partial charge in [0.15, 0.2) is 0 Å². The molecule has 3 nitrogen and oxygen atoms in total. The largest absolute Gasteiger partial charge is 0.354 e. The van der Waals surface area contributed by atoms with E-state index in [1.165, 1.54) is 25.7 Å². The Balaban J connectivity index is 1.80. The molecule has 0 heterocycles. The minimum atomic E-state index is 0.0581. The van der Waals surface area contributed by atoms with Gasteiger partial charge in [-0.2, -0.15) is 11.8 Å². The summed E-state index contributed by atoms with van der Waals surface area (Å²) in [4.78, 5) is 12.1. The van der Waals surface area contributed by atoms with Crippen LogP contribution in [0.4, 0.5) is 0 Å². The maximum atomic E-state index is 12.1. The summed E-state index contributed by atoms with van der Waals surface area (Å²) in [5.41, 5.74) is 6.03. The van der Waals surface area contributed by atoms with Gasteiger partial charge >= 0.3 is 0 Å². The standard InChI is InChI=1S/C13H24N2OS/c1-17-13(7-4-8-13)9-15-12(16)10-5-2-3-6-11(10)14/h10-11H,2-9,14H2,1H3,(H,15,16). The molecule has 2 rings (SSSR count). The van der Waals surface area contributed by atoms with E-state index in [1.807, 2.05) is 11.8 Å². The van der Waals surface area contributed by atoms with E-state index in [1.54, 1.807) is 0 Å². The number of amides is 1. The molecule has 17 heavy (non-hydrogen) atoms. The second-order valence-corrected chi connectivity index (χ2v) is 6.79. The fourth-order valence-corrected chi connectivity index (χ4v) is 3.80. The number of nitrogens with two attached hydrogens (primary N) is 1. The first-order valence-corrected chi connectivity index (χ1v) is 7.98. The highest BCUT2D eigenvalue weighted by atomic mass is 32.2. The lowest BCUT2D eigenvalue weighted by Gasteiger charge is -2.41. The third-order valence-electron chi connectivity index (χ3n) is 4.44. The summed E-state index contributed by atoms with van der Waals surface area (Å²) >= 11 is 1.90. The first-order valence-electron chi connectivity index (χ1n) is 6.75. The maximum Gasteiger partial charge on any atom is 0.224 e. The first-order chi connectivity index (χ1) is 8.17. The number of carbonyl (C=O) groups excluding carboxylic acids is 1. The normalized spacial score (nSPS) is 31.6. The third-order valence-corrected chi connectivity index (χ3v) is 5.86. The second-order valence-electron chi connectivity index (χ2n) is 5.51. The SMILES string of the molecule is CSC1(CNC(=O)C2CCCCC2N)CCC1. The number of rotatable bonds is 4. The van der Waals surface area contributed by atoms with Crippen molar-refractivity contribution in [2.45, 2.75) is 55.7 Å². The summed E-state index contributed by atoms with van der Waals surface area (Å²) in [6.07, 6.45) is 10.2. The van der Waals surface area contributed by atoms with Crippen molar-refractivity contribution in [3.8, 4) is 0 Å².